The molecular formula is C21H13N3O5. The zero-order valence-electron chi connectivity index (χ0n) is 15.2. The van der Waals surface area contributed by atoms with Crippen molar-refractivity contribution in [2.75, 3.05) is 0 Å². The second kappa shape index (κ2) is 6.45. The number of furan rings is 1. The van der Waals surface area contributed by atoms with Gasteiger partial charge in [-0.1, -0.05) is 6.07 Å². The molecule has 0 atom stereocenters. The number of imidazole rings is 1. The van der Waals surface area contributed by atoms with Crippen LogP contribution in [0.25, 0.3) is 29.0 Å². The highest BCUT2D eigenvalue weighted by Crippen LogP contribution is 2.39. The molecule has 2 bridgehead atoms. The Bertz CT molecular complexity index is 1290. The van der Waals surface area contributed by atoms with Crippen molar-refractivity contribution in [2.24, 2.45) is 0 Å². The van der Waals surface area contributed by atoms with Crippen LogP contribution in [0.5, 0.6) is 11.5 Å². The van der Waals surface area contributed by atoms with Gasteiger partial charge < -0.3 is 13.9 Å². The molecule has 142 valence electrons. The number of aromatic nitrogens is 3. The number of benzene rings is 1. The van der Waals surface area contributed by atoms with Crippen molar-refractivity contribution in [3.8, 4) is 17.3 Å². The average molecular weight is 387 g/mol. The Morgan fingerprint density at radius 2 is 1.93 bits per heavy atom. The summed E-state index contributed by atoms with van der Waals surface area (Å²) in [5.41, 5.74) is 2.40. The number of pyridine rings is 1. The van der Waals surface area contributed by atoms with E-state index < -0.39 is 11.9 Å². The first-order chi connectivity index (χ1) is 14.1. The zero-order valence-corrected chi connectivity index (χ0v) is 15.2. The average Bonchev–Trinajstić information content (AvgIpc) is 3.35. The highest BCUT2D eigenvalue weighted by Gasteiger charge is 2.30. The van der Waals surface area contributed by atoms with E-state index in [-0.39, 0.29) is 11.5 Å². The maximum Gasteiger partial charge on any atom is 0.423 e. The number of rotatable bonds is 3. The summed E-state index contributed by atoms with van der Waals surface area (Å²) in [7, 11) is 0. The highest BCUT2D eigenvalue weighted by atomic mass is 16.6. The molecule has 0 saturated carbocycles. The van der Waals surface area contributed by atoms with Gasteiger partial charge in [0.05, 0.1) is 18.0 Å². The van der Waals surface area contributed by atoms with Gasteiger partial charge in [0.15, 0.2) is 5.75 Å². The molecule has 0 saturated heterocycles. The van der Waals surface area contributed by atoms with E-state index in [2.05, 4.69) is 9.97 Å². The van der Waals surface area contributed by atoms with Crippen molar-refractivity contribution in [3.05, 3.63) is 66.0 Å². The van der Waals surface area contributed by atoms with Gasteiger partial charge in [0.1, 0.15) is 22.9 Å². The van der Waals surface area contributed by atoms with Crippen LogP contribution < -0.4 is 9.47 Å². The summed E-state index contributed by atoms with van der Waals surface area (Å²) in [6.45, 7) is 1.71. The topological polar surface area (TPSA) is 96.5 Å². The molecule has 1 aliphatic heterocycles. The SMILES string of the molecule is Cc1c2cc3c(nc(/C=C/c4ccoc4)n3-c3ccccn3)c1OC(=O)C(=O)O2. The van der Waals surface area contributed by atoms with Crippen LogP contribution in [0.1, 0.15) is 17.0 Å². The van der Waals surface area contributed by atoms with Gasteiger partial charge >= 0.3 is 11.9 Å². The minimum Gasteiger partial charge on any atom is -0.472 e. The quantitative estimate of drug-likeness (QED) is 0.302. The summed E-state index contributed by atoms with van der Waals surface area (Å²) in [6.07, 6.45) is 8.50. The van der Waals surface area contributed by atoms with Gasteiger partial charge in [0, 0.05) is 23.4 Å². The Hall–Kier alpha value is -4.20. The number of carbonyl (C=O) groups excluding carboxylic acids is 2. The molecule has 0 N–H and O–H groups in total. The highest BCUT2D eigenvalue weighted by molar-refractivity contribution is 6.31. The number of carbonyl (C=O) groups is 2. The molecule has 1 aromatic carbocycles. The van der Waals surface area contributed by atoms with Crippen molar-refractivity contribution in [1.82, 2.24) is 14.5 Å². The molecule has 4 heterocycles. The van der Waals surface area contributed by atoms with Gasteiger partial charge in [-0.15, -0.1) is 0 Å². The number of fused-ring (bicyclic) bond motifs is 4. The van der Waals surface area contributed by atoms with Gasteiger partial charge in [-0.05, 0) is 37.3 Å². The maximum atomic E-state index is 11.9. The molecule has 5 rings (SSSR count). The molecule has 0 amide bonds. The molecule has 0 aliphatic carbocycles. The third-order valence-corrected chi connectivity index (χ3v) is 4.54. The van der Waals surface area contributed by atoms with Crippen LogP contribution in [-0.4, -0.2) is 26.5 Å². The Morgan fingerprint density at radius 3 is 2.69 bits per heavy atom. The zero-order chi connectivity index (χ0) is 20.0. The van der Waals surface area contributed by atoms with Crippen molar-refractivity contribution in [2.45, 2.75) is 6.92 Å². The molecule has 0 fully saturated rings. The predicted octanol–water partition coefficient (Wildman–Crippen LogP) is 3.32. The molecule has 3 aromatic heterocycles. The van der Waals surface area contributed by atoms with Crippen LogP contribution in [0, 0.1) is 6.92 Å². The van der Waals surface area contributed by atoms with Crippen molar-refractivity contribution < 1.29 is 23.5 Å². The first-order valence-electron chi connectivity index (χ1n) is 8.73. The monoisotopic (exact) mass is 387 g/mol. The number of hydrogen-bond donors (Lipinski definition) is 0. The predicted molar refractivity (Wildman–Crippen MR) is 103 cm³/mol. The van der Waals surface area contributed by atoms with E-state index in [1.165, 1.54) is 0 Å². The molecule has 4 aromatic rings. The Balaban J connectivity index is 1.80. The first-order valence-corrected chi connectivity index (χ1v) is 8.73. The normalized spacial score (nSPS) is 13.6. The summed E-state index contributed by atoms with van der Waals surface area (Å²) >= 11 is 0. The van der Waals surface area contributed by atoms with Crippen molar-refractivity contribution in [1.29, 1.82) is 0 Å². The lowest BCUT2D eigenvalue weighted by atomic mass is 10.1. The van der Waals surface area contributed by atoms with E-state index in [1.807, 2.05) is 30.3 Å². The summed E-state index contributed by atoms with van der Waals surface area (Å²) in [5.74, 6) is -0.550. The third-order valence-electron chi connectivity index (χ3n) is 4.54. The molecule has 0 unspecified atom stereocenters. The van der Waals surface area contributed by atoms with Crippen LogP contribution >= 0.6 is 0 Å². The van der Waals surface area contributed by atoms with Crippen molar-refractivity contribution in [3.63, 3.8) is 0 Å². The smallest absolute Gasteiger partial charge is 0.423 e. The van der Waals surface area contributed by atoms with E-state index in [0.717, 1.165) is 5.56 Å². The molecule has 1 aliphatic rings. The van der Waals surface area contributed by atoms with Crippen LogP contribution in [-0.2, 0) is 9.59 Å². The summed E-state index contributed by atoms with van der Waals surface area (Å²) < 4.78 is 17.3. The maximum absolute atomic E-state index is 11.9. The van der Waals surface area contributed by atoms with Crippen LogP contribution in [0.4, 0.5) is 0 Å². The van der Waals surface area contributed by atoms with Gasteiger partial charge in [0.2, 0.25) is 0 Å². The fourth-order valence-electron chi connectivity index (χ4n) is 3.16. The van der Waals surface area contributed by atoms with Crippen LogP contribution in [0.15, 0.2) is 53.5 Å². The minimum absolute atomic E-state index is 0.195. The van der Waals surface area contributed by atoms with E-state index in [0.29, 0.717) is 28.2 Å². The standard InChI is InChI=1S/C21H13N3O5/c1-12-15-10-14-18(19(12)29-21(26)20(25)28-15)23-17(6-5-13-7-9-27-11-13)24(14)16-4-2-3-8-22-16/h2-11H,1H3/b6-5+. The fourth-order valence-corrected chi connectivity index (χ4v) is 3.16. The first kappa shape index (κ1) is 16.9. The molecular weight excluding hydrogens is 374 g/mol. The van der Waals surface area contributed by atoms with E-state index in [1.54, 1.807) is 42.4 Å². The lowest BCUT2D eigenvalue weighted by molar-refractivity contribution is -0.155. The van der Waals surface area contributed by atoms with Gasteiger partial charge in [0.25, 0.3) is 0 Å². The number of hydrogen-bond acceptors (Lipinski definition) is 7. The Kier molecular flexibility index (Phi) is 3.77. The van der Waals surface area contributed by atoms with E-state index in [9.17, 15) is 9.59 Å². The minimum atomic E-state index is -1.08. The van der Waals surface area contributed by atoms with Crippen molar-refractivity contribution >= 4 is 35.1 Å². The Labute approximate surface area is 164 Å². The lowest BCUT2D eigenvalue weighted by Crippen LogP contribution is -2.23. The number of ether oxygens (including phenoxy) is 2. The van der Waals surface area contributed by atoms with Gasteiger partial charge in [-0.25, -0.2) is 19.6 Å². The lowest BCUT2D eigenvalue weighted by Gasteiger charge is -2.08. The van der Waals surface area contributed by atoms with Gasteiger partial charge in [-0.3, -0.25) is 4.57 Å². The third kappa shape index (κ3) is 2.78. The Morgan fingerprint density at radius 1 is 1.07 bits per heavy atom. The molecule has 0 spiro atoms. The summed E-state index contributed by atoms with van der Waals surface area (Å²) in [5, 5.41) is 0. The van der Waals surface area contributed by atoms with Crippen LogP contribution in [0.2, 0.25) is 0 Å². The molecule has 0 radical (unpaired) electrons. The molecule has 8 nitrogen and oxygen atoms in total. The van der Waals surface area contributed by atoms with Gasteiger partial charge in [-0.2, -0.15) is 0 Å². The molecule has 8 heteroatoms. The molecule has 29 heavy (non-hydrogen) atoms. The van der Waals surface area contributed by atoms with Crippen LogP contribution in [0.3, 0.4) is 0 Å². The summed E-state index contributed by atoms with van der Waals surface area (Å²) in [6, 6.07) is 8.96. The fraction of sp³-hybridized carbons (Fsp3) is 0.0476. The number of esters is 2. The van der Waals surface area contributed by atoms with E-state index in [4.69, 9.17) is 13.9 Å². The second-order valence-electron chi connectivity index (χ2n) is 6.36. The largest absolute Gasteiger partial charge is 0.472 e. The van der Waals surface area contributed by atoms with E-state index >= 15 is 0 Å². The summed E-state index contributed by atoms with van der Waals surface area (Å²) in [4.78, 5) is 32.8. The second-order valence-corrected chi connectivity index (χ2v) is 6.36. The number of nitrogens with zero attached hydrogens (tertiary/aromatic N) is 3.